The van der Waals surface area contributed by atoms with Crippen LogP contribution in [0.15, 0.2) is 0 Å². The highest BCUT2D eigenvalue weighted by atomic mass is 16.5. The van der Waals surface area contributed by atoms with Crippen LogP contribution in [0.25, 0.3) is 0 Å². The summed E-state index contributed by atoms with van der Waals surface area (Å²) in [6.07, 6.45) is 2.36. The van der Waals surface area contributed by atoms with E-state index in [0.717, 1.165) is 12.8 Å². The molecule has 1 atom stereocenters. The largest absolute Gasteiger partial charge is 0.367 e. The minimum atomic E-state index is -0.125. The zero-order chi connectivity index (χ0) is 10.0. The fraction of sp³-hybridized carbons (Fsp3) is 0.909. The second-order valence-electron chi connectivity index (χ2n) is 4.50. The SMILES string of the molecule is CC(C)O[C@H](C(=O)C(C)C)C1CC1. The summed E-state index contributed by atoms with van der Waals surface area (Å²) in [5.41, 5.74) is 0. The minimum absolute atomic E-state index is 0.101. The van der Waals surface area contributed by atoms with E-state index in [4.69, 9.17) is 4.74 Å². The molecule has 0 amide bonds. The second kappa shape index (κ2) is 4.23. The smallest absolute Gasteiger partial charge is 0.164 e. The fourth-order valence-corrected chi connectivity index (χ4v) is 1.43. The van der Waals surface area contributed by atoms with Gasteiger partial charge in [0.2, 0.25) is 0 Å². The van der Waals surface area contributed by atoms with Gasteiger partial charge in [-0.2, -0.15) is 0 Å². The van der Waals surface area contributed by atoms with Crippen LogP contribution >= 0.6 is 0 Å². The lowest BCUT2D eigenvalue weighted by Crippen LogP contribution is -2.32. The molecule has 0 radical (unpaired) electrons. The van der Waals surface area contributed by atoms with Gasteiger partial charge in [-0.15, -0.1) is 0 Å². The predicted molar refractivity (Wildman–Crippen MR) is 52.6 cm³/mol. The third-order valence-electron chi connectivity index (χ3n) is 2.32. The van der Waals surface area contributed by atoms with Crippen molar-refractivity contribution in [2.45, 2.75) is 52.7 Å². The number of hydrogen-bond donors (Lipinski definition) is 0. The number of ketones is 1. The summed E-state index contributed by atoms with van der Waals surface area (Å²) in [4.78, 5) is 11.7. The maximum atomic E-state index is 11.7. The first-order valence-electron chi connectivity index (χ1n) is 5.21. The lowest BCUT2D eigenvalue weighted by atomic mass is 10.0. The van der Waals surface area contributed by atoms with Crippen molar-refractivity contribution in [3.8, 4) is 0 Å². The molecule has 2 heteroatoms. The zero-order valence-electron chi connectivity index (χ0n) is 9.04. The standard InChI is InChI=1S/C11H20O2/c1-7(2)10(12)11(9-5-6-9)13-8(3)4/h7-9,11H,5-6H2,1-4H3/t11-/m0/s1. The highest BCUT2D eigenvalue weighted by Gasteiger charge is 2.38. The van der Waals surface area contributed by atoms with E-state index < -0.39 is 0 Å². The van der Waals surface area contributed by atoms with Gasteiger partial charge >= 0.3 is 0 Å². The Hall–Kier alpha value is -0.370. The Bertz CT molecular complexity index is 181. The van der Waals surface area contributed by atoms with Crippen LogP contribution in [-0.2, 0) is 9.53 Å². The van der Waals surface area contributed by atoms with Crippen LogP contribution in [0.4, 0.5) is 0 Å². The molecular weight excluding hydrogens is 164 g/mol. The molecule has 0 bridgehead atoms. The Labute approximate surface area is 80.7 Å². The molecule has 1 aliphatic rings. The van der Waals surface area contributed by atoms with Crippen LogP contribution in [0.3, 0.4) is 0 Å². The maximum absolute atomic E-state index is 11.7. The first kappa shape index (κ1) is 10.7. The lowest BCUT2D eigenvalue weighted by molar-refractivity contribution is -0.138. The summed E-state index contributed by atoms with van der Waals surface area (Å²) in [5.74, 6) is 0.887. The molecule has 1 saturated carbocycles. The van der Waals surface area contributed by atoms with E-state index in [2.05, 4.69) is 0 Å². The summed E-state index contributed by atoms with van der Waals surface area (Å²) < 4.78 is 5.65. The van der Waals surface area contributed by atoms with Crippen molar-refractivity contribution < 1.29 is 9.53 Å². The van der Waals surface area contributed by atoms with Gasteiger partial charge in [0.25, 0.3) is 0 Å². The molecule has 0 N–H and O–H groups in total. The number of carbonyl (C=O) groups excluding carboxylic acids is 1. The fourth-order valence-electron chi connectivity index (χ4n) is 1.43. The van der Waals surface area contributed by atoms with Crippen molar-refractivity contribution in [2.75, 3.05) is 0 Å². The molecule has 2 nitrogen and oxygen atoms in total. The normalized spacial score (nSPS) is 19.5. The summed E-state index contributed by atoms with van der Waals surface area (Å²) in [7, 11) is 0. The first-order valence-corrected chi connectivity index (χ1v) is 5.21. The van der Waals surface area contributed by atoms with Gasteiger partial charge in [0.15, 0.2) is 5.78 Å². The molecular formula is C11H20O2. The zero-order valence-corrected chi connectivity index (χ0v) is 9.04. The van der Waals surface area contributed by atoms with Crippen molar-refractivity contribution >= 4 is 5.78 Å². The van der Waals surface area contributed by atoms with E-state index >= 15 is 0 Å². The highest BCUT2D eigenvalue weighted by molar-refractivity contribution is 5.85. The van der Waals surface area contributed by atoms with Crippen molar-refractivity contribution in [1.82, 2.24) is 0 Å². The monoisotopic (exact) mass is 184 g/mol. The number of Topliss-reactive ketones (excluding diaryl/α,β-unsaturated/α-hetero) is 1. The van der Waals surface area contributed by atoms with E-state index in [1.807, 2.05) is 27.7 Å². The maximum Gasteiger partial charge on any atom is 0.164 e. The molecule has 1 fully saturated rings. The summed E-state index contributed by atoms with van der Waals surface area (Å²) in [6.45, 7) is 7.87. The first-order chi connectivity index (χ1) is 6.02. The molecule has 0 aromatic carbocycles. The average molecular weight is 184 g/mol. The Morgan fingerprint density at radius 1 is 1.23 bits per heavy atom. The molecule has 0 unspecified atom stereocenters. The van der Waals surface area contributed by atoms with Crippen LogP contribution < -0.4 is 0 Å². The van der Waals surface area contributed by atoms with Gasteiger partial charge in [0, 0.05) is 5.92 Å². The Balaban J connectivity index is 2.51. The van der Waals surface area contributed by atoms with Gasteiger partial charge in [-0.1, -0.05) is 13.8 Å². The number of hydrogen-bond acceptors (Lipinski definition) is 2. The van der Waals surface area contributed by atoms with E-state index in [-0.39, 0.29) is 23.9 Å². The summed E-state index contributed by atoms with van der Waals surface area (Å²) in [6, 6.07) is 0. The molecule has 1 rings (SSSR count). The lowest BCUT2D eigenvalue weighted by Gasteiger charge is -2.20. The number of ether oxygens (including phenoxy) is 1. The summed E-state index contributed by atoms with van der Waals surface area (Å²) in [5, 5.41) is 0. The molecule has 0 aromatic heterocycles. The molecule has 13 heavy (non-hydrogen) atoms. The van der Waals surface area contributed by atoms with Crippen LogP contribution in [0, 0.1) is 11.8 Å². The highest BCUT2D eigenvalue weighted by Crippen LogP contribution is 2.36. The van der Waals surface area contributed by atoms with E-state index in [1.165, 1.54) is 0 Å². The van der Waals surface area contributed by atoms with Gasteiger partial charge in [-0.05, 0) is 32.6 Å². The van der Waals surface area contributed by atoms with Gasteiger partial charge < -0.3 is 4.74 Å². The summed E-state index contributed by atoms with van der Waals surface area (Å²) >= 11 is 0. The molecule has 0 spiro atoms. The third-order valence-corrected chi connectivity index (χ3v) is 2.32. The molecule has 0 aromatic rings. The van der Waals surface area contributed by atoms with Gasteiger partial charge in [0.1, 0.15) is 6.10 Å². The van der Waals surface area contributed by atoms with Crippen molar-refractivity contribution in [3.63, 3.8) is 0 Å². The van der Waals surface area contributed by atoms with Crippen LogP contribution in [0.5, 0.6) is 0 Å². The number of carbonyl (C=O) groups is 1. The van der Waals surface area contributed by atoms with Gasteiger partial charge in [-0.3, -0.25) is 4.79 Å². The Morgan fingerprint density at radius 3 is 2.08 bits per heavy atom. The average Bonchev–Trinajstić information content (AvgIpc) is 2.80. The Kier molecular flexibility index (Phi) is 3.48. The van der Waals surface area contributed by atoms with Crippen molar-refractivity contribution in [1.29, 1.82) is 0 Å². The van der Waals surface area contributed by atoms with Gasteiger partial charge in [-0.25, -0.2) is 0 Å². The molecule has 76 valence electrons. The topological polar surface area (TPSA) is 26.3 Å². The molecule has 1 aliphatic carbocycles. The van der Waals surface area contributed by atoms with Crippen LogP contribution in [-0.4, -0.2) is 18.0 Å². The third kappa shape index (κ3) is 3.11. The number of rotatable bonds is 5. The van der Waals surface area contributed by atoms with E-state index in [0.29, 0.717) is 5.92 Å². The van der Waals surface area contributed by atoms with Crippen molar-refractivity contribution in [3.05, 3.63) is 0 Å². The molecule has 0 aliphatic heterocycles. The quantitative estimate of drug-likeness (QED) is 0.656. The van der Waals surface area contributed by atoms with E-state index in [1.54, 1.807) is 0 Å². The van der Waals surface area contributed by atoms with E-state index in [9.17, 15) is 4.79 Å². The van der Waals surface area contributed by atoms with Crippen LogP contribution in [0.2, 0.25) is 0 Å². The predicted octanol–water partition coefficient (Wildman–Crippen LogP) is 2.42. The van der Waals surface area contributed by atoms with Crippen molar-refractivity contribution in [2.24, 2.45) is 11.8 Å². The van der Waals surface area contributed by atoms with Crippen LogP contribution in [0.1, 0.15) is 40.5 Å². The second-order valence-corrected chi connectivity index (χ2v) is 4.50. The molecule has 0 heterocycles. The Morgan fingerprint density at radius 2 is 1.77 bits per heavy atom. The molecule has 0 saturated heterocycles. The van der Waals surface area contributed by atoms with Gasteiger partial charge in [0.05, 0.1) is 6.10 Å². The minimum Gasteiger partial charge on any atom is -0.367 e.